The Hall–Kier alpha value is -0.120. The van der Waals surface area contributed by atoms with Crippen LogP contribution in [-0.2, 0) is 28.4 Å². The van der Waals surface area contributed by atoms with Crippen molar-refractivity contribution >= 4 is 40.7 Å². The molecule has 7 nitrogen and oxygen atoms in total. The first kappa shape index (κ1) is 32.4. The van der Waals surface area contributed by atoms with Gasteiger partial charge in [-0.2, -0.15) is 0 Å². The molecule has 3 rings (SSSR count). The molecular formula is C28H46Cl3NO6. The molecule has 1 N–H and O–H groups in total. The van der Waals surface area contributed by atoms with Gasteiger partial charge in [-0.3, -0.25) is 5.41 Å². The molecular weight excluding hydrogens is 553 g/mol. The van der Waals surface area contributed by atoms with Gasteiger partial charge in [-0.25, -0.2) is 0 Å². The average Bonchev–Trinajstić information content (AvgIpc) is 3.14. The lowest BCUT2D eigenvalue weighted by Gasteiger charge is -2.27. The first-order chi connectivity index (χ1) is 17.9. The molecule has 3 aliphatic heterocycles. The van der Waals surface area contributed by atoms with Gasteiger partial charge in [-0.15, -0.1) is 0 Å². The van der Waals surface area contributed by atoms with Crippen molar-refractivity contribution < 1.29 is 28.4 Å². The monoisotopic (exact) mass is 597 g/mol. The molecule has 0 amide bonds. The number of alkyl halides is 3. The fourth-order valence-electron chi connectivity index (χ4n) is 5.26. The molecule has 3 aliphatic rings. The molecule has 10 heteroatoms. The van der Waals surface area contributed by atoms with Crippen molar-refractivity contribution in [2.24, 2.45) is 0 Å². The first-order valence-corrected chi connectivity index (χ1v) is 15.3. The zero-order valence-corrected chi connectivity index (χ0v) is 25.6. The van der Waals surface area contributed by atoms with Crippen LogP contribution in [-0.4, -0.2) is 65.0 Å². The lowest BCUT2D eigenvalue weighted by Crippen LogP contribution is -2.34. The van der Waals surface area contributed by atoms with Gasteiger partial charge in [0.05, 0.1) is 13.2 Å². The van der Waals surface area contributed by atoms with Crippen LogP contribution in [0.25, 0.3) is 0 Å². The lowest BCUT2D eigenvalue weighted by molar-refractivity contribution is -0.168. The molecule has 4 atom stereocenters. The minimum Gasteiger partial charge on any atom is -0.475 e. The summed E-state index contributed by atoms with van der Waals surface area (Å²) >= 11 is 17.1. The summed E-state index contributed by atoms with van der Waals surface area (Å²) in [6.45, 7) is 9.47. The van der Waals surface area contributed by atoms with Gasteiger partial charge in [0, 0.05) is 12.8 Å². The Labute approximate surface area is 243 Å². The summed E-state index contributed by atoms with van der Waals surface area (Å²) < 4.78 is 33.7. The Morgan fingerprint density at radius 1 is 0.921 bits per heavy atom. The topological polar surface area (TPSA) is 82.5 Å². The molecule has 38 heavy (non-hydrogen) atoms. The number of epoxide rings is 1. The van der Waals surface area contributed by atoms with E-state index < -0.39 is 21.1 Å². The molecule has 0 aromatic heterocycles. The molecule has 220 valence electrons. The number of allylic oxidation sites excluding steroid dienone is 1. The fraction of sp³-hybridized carbons (Fsp3) is 0.893. The van der Waals surface area contributed by atoms with Gasteiger partial charge in [-0.1, -0.05) is 86.0 Å². The summed E-state index contributed by atoms with van der Waals surface area (Å²) in [7, 11) is 0. The van der Waals surface area contributed by atoms with Crippen LogP contribution in [0.15, 0.2) is 12.2 Å². The van der Waals surface area contributed by atoms with Gasteiger partial charge >= 0.3 is 0 Å². The van der Waals surface area contributed by atoms with Crippen molar-refractivity contribution in [1.82, 2.24) is 0 Å². The molecule has 0 spiro atoms. The second-order valence-corrected chi connectivity index (χ2v) is 13.6. The van der Waals surface area contributed by atoms with Crippen LogP contribution < -0.4 is 0 Å². The number of hydrogen-bond donors (Lipinski definition) is 1. The predicted molar refractivity (Wildman–Crippen MR) is 151 cm³/mol. The van der Waals surface area contributed by atoms with E-state index in [-0.39, 0.29) is 30.7 Å². The molecule has 0 saturated carbocycles. The third-order valence-electron chi connectivity index (χ3n) is 7.39. The van der Waals surface area contributed by atoms with Crippen LogP contribution in [0.4, 0.5) is 0 Å². The minimum absolute atomic E-state index is 0.0945. The van der Waals surface area contributed by atoms with E-state index in [0.29, 0.717) is 0 Å². The summed E-state index contributed by atoms with van der Waals surface area (Å²) in [5, 5.41) is 7.74. The van der Waals surface area contributed by atoms with E-state index in [4.69, 9.17) is 68.6 Å². The van der Waals surface area contributed by atoms with E-state index >= 15 is 0 Å². The van der Waals surface area contributed by atoms with Gasteiger partial charge in [-0.05, 0) is 46.5 Å². The molecule has 0 radical (unpaired) electrons. The smallest absolute Gasteiger partial charge is 0.265 e. The van der Waals surface area contributed by atoms with E-state index in [9.17, 15) is 0 Å². The molecule has 3 fully saturated rings. The van der Waals surface area contributed by atoms with E-state index in [1.807, 2.05) is 20.8 Å². The van der Waals surface area contributed by atoms with Crippen molar-refractivity contribution in [2.45, 2.75) is 138 Å². The van der Waals surface area contributed by atoms with E-state index in [1.54, 1.807) is 0 Å². The highest BCUT2D eigenvalue weighted by molar-refractivity contribution is 6.76. The quantitative estimate of drug-likeness (QED) is 0.0491. The zero-order chi connectivity index (χ0) is 27.9. The third kappa shape index (κ3) is 9.76. The first-order valence-electron chi connectivity index (χ1n) is 14.2. The number of halogens is 3. The van der Waals surface area contributed by atoms with Crippen LogP contribution in [0.5, 0.6) is 0 Å². The van der Waals surface area contributed by atoms with Gasteiger partial charge in [0.15, 0.2) is 11.6 Å². The number of unbranched alkanes of at least 4 members (excludes halogenated alkanes) is 7. The normalized spacial score (nSPS) is 30.2. The predicted octanol–water partition coefficient (Wildman–Crippen LogP) is 7.64. The van der Waals surface area contributed by atoms with Gasteiger partial charge in [0.1, 0.15) is 30.5 Å². The largest absolute Gasteiger partial charge is 0.475 e. The Bertz CT molecular complexity index is 783. The molecule has 0 aliphatic carbocycles. The highest BCUT2D eigenvalue weighted by atomic mass is 35.6. The minimum atomic E-state index is -1.89. The summed E-state index contributed by atoms with van der Waals surface area (Å²) in [6.07, 6.45) is 16.1. The molecule has 3 saturated heterocycles. The van der Waals surface area contributed by atoms with E-state index in [2.05, 4.69) is 19.1 Å². The number of hydrogen-bond acceptors (Lipinski definition) is 7. The molecule has 0 unspecified atom stereocenters. The standard InChI is InChI=1S/C28H46Cl3NO6/c1-5-6-7-13-16-27(34-18-19-35-27)17-14-11-9-8-10-12-15-21-22(37-25(2,3)36-21)23-26(4,38-23)20-33-24(32)28(29,30)31/h12,15,21-23,32H,5-11,13-14,16-20H2,1-4H3/b15-12-,32-24?/t21-,22+,23-,26-/m0/s1. The van der Waals surface area contributed by atoms with Crippen molar-refractivity contribution in [3.05, 3.63) is 12.2 Å². The second kappa shape index (κ2) is 14.2. The Kier molecular flexibility index (Phi) is 12.1. The molecule has 0 aromatic carbocycles. The van der Waals surface area contributed by atoms with Crippen LogP contribution in [0.3, 0.4) is 0 Å². The maximum Gasteiger partial charge on any atom is 0.265 e. The Morgan fingerprint density at radius 2 is 1.55 bits per heavy atom. The number of rotatable bonds is 16. The summed E-state index contributed by atoms with van der Waals surface area (Å²) in [5.41, 5.74) is -0.636. The SMILES string of the molecule is CCCCCCC1(CCCCCC/C=C\[C@@H]2OC(C)(C)O[C@H]2[C@@H]2O[C@@]2(C)COC(=N)C(Cl)(Cl)Cl)OCCO1. The zero-order valence-electron chi connectivity index (χ0n) is 23.4. The van der Waals surface area contributed by atoms with Crippen molar-refractivity contribution in [1.29, 1.82) is 5.41 Å². The summed E-state index contributed by atoms with van der Waals surface area (Å²) in [6, 6.07) is 0. The van der Waals surface area contributed by atoms with Crippen molar-refractivity contribution in [3.8, 4) is 0 Å². The van der Waals surface area contributed by atoms with Gasteiger partial charge in [0.2, 0.25) is 5.90 Å². The summed E-state index contributed by atoms with van der Waals surface area (Å²) in [5.74, 6) is -1.47. The Balaban J connectivity index is 1.36. The van der Waals surface area contributed by atoms with Crippen LogP contribution >= 0.6 is 34.8 Å². The van der Waals surface area contributed by atoms with E-state index in [1.165, 1.54) is 38.5 Å². The highest BCUT2D eigenvalue weighted by Gasteiger charge is 2.62. The second-order valence-electron chi connectivity index (χ2n) is 11.3. The molecule has 3 heterocycles. The maximum atomic E-state index is 7.74. The summed E-state index contributed by atoms with van der Waals surface area (Å²) in [4.78, 5) is 0. The number of ether oxygens (including phenoxy) is 6. The van der Waals surface area contributed by atoms with Crippen LogP contribution in [0, 0.1) is 5.41 Å². The average molecular weight is 599 g/mol. The fourth-order valence-corrected chi connectivity index (χ4v) is 5.42. The van der Waals surface area contributed by atoms with E-state index in [0.717, 1.165) is 45.3 Å². The van der Waals surface area contributed by atoms with Crippen LogP contribution in [0.1, 0.15) is 98.3 Å². The van der Waals surface area contributed by atoms with Gasteiger partial charge in [0.25, 0.3) is 3.79 Å². The third-order valence-corrected chi connectivity index (χ3v) is 7.91. The lowest BCUT2D eigenvalue weighted by atomic mass is 9.99. The molecule has 0 bridgehead atoms. The number of nitrogens with one attached hydrogen (secondary N) is 1. The van der Waals surface area contributed by atoms with Gasteiger partial charge < -0.3 is 28.4 Å². The molecule has 0 aromatic rings. The Morgan fingerprint density at radius 3 is 2.18 bits per heavy atom. The maximum absolute atomic E-state index is 7.74. The van der Waals surface area contributed by atoms with Crippen molar-refractivity contribution in [2.75, 3.05) is 19.8 Å². The van der Waals surface area contributed by atoms with Crippen molar-refractivity contribution in [3.63, 3.8) is 0 Å². The van der Waals surface area contributed by atoms with Crippen LogP contribution in [0.2, 0.25) is 0 Å². The highest BCUT2D eigenvalue weighted by Crippen LogP contribution is 2.46.